The topological polar surface area (TPSA) is 512 Å². The number of carboxylic acids is 3. The summed E-state index contributed by atoms with van der Waals surface area (Å²) in [6.45, 7) is 5.19. The Kier molecular flexibility index (Phi) is 31.4. The second-order valence-corrected chi connectivity index (χ2v) is 21.7. The van der Waals surface area contributed by atoms with Crippen LogP contribution in [0.5, 0.6) is 11.5 Å². The summed E-state index contributed by atoms with van der Waals surface area (Å²) in [5.74, 6) is -18.1. The SMILES string of the molecule is CC[C@H](C)[C@H](NC(=O)[C@H](Cc1ccc(O)cc1)NC(=O)CN)C(=O)NCC(=O)N[C@@H](Cc1ccc(O)cc1)C(=O)N[C@@H](CC(=O)O)C(=O)N[C@@H](CC(N)=O)C(=O)N[C@H](C(=O)N[C@@H](Cc1ccccc1)C(=O)N[C@@H](CCC(=O)O)C(=O)N[C@@H](CS)C(=O)O)[C@@H](C)CC. The highest BCUT2D eigenvalue weighted by Gasteiger charge is 2.38. The van der Waals surface area contributed by atoms with Gasteiger partial charge in [-0.25, -0.2) is 4.79 Å². The lowest BCUT2D eigenvalue weighted by Crippen LogP contribution is -2.61. The number of phenolic OH excluding ortho intramolecular Hbond substituents is 2. The van der Waals surface area contributed by atoms with E-state index in [1.807, 2.05) is 0 Å². The first-order valence-electron chi connectivity index (χ1n) is 28.8. The molecule has 496 valence electrons. The molecular weight excluding hydrogens is 1210 g/mol. The van der Waals surface area contributed by atoms with Crippen LogP contribution >= 0.6 is 12.6 Å². The third kappa shape index (κ3) is 26.4. The van der Waals surface area contributed by atoms with Gasteiger partial charge in [-0.1, -0.05) is 95.1 Å². The van der Waals surface area contributed by atoms with Gasteiger partial charge in [-0.3, -0.25) is 62.3 Å². The number of nitrogens with two attached hydrogens (primary N) is 2. The number of carbonyl (C=O) groups is 14. The Balaban J connectivity index is 1.91. The molecule has 0 aliphatic heterocycles. The summed E-state index contributed by atoms with van der Waals surface area (Å²) < 4.78 is 0. The van der Waals surface area contributed by atoms with E-state index in [9.17, 15) is 92.7 Å². The van der Waals surface area contributed by atoms with Crippen LogP contribution in [0, 0.1) is 11.8 Å². The first kappa shape index (κ1) is 75.4. The Morgan fingerprint density at radius 3 is 1.27 bits per heavy atom. The van der Waals surface area contributed by atoms with Crippen molar-refractivity contribution < 1.29 is 92.7 Å². The summed E-state index contributed by atoms with van der Waals surface area (Å²) >= 11 is 3.92. The van der Waals surface area contributed by atoms with Crippen molar-refractivity contribution in [2.24, 2.45) is 23.3 Å². The van der Waals surface area contributed by atoms with E-state index in [-0.39, 0.29) is 42.9 Å². The zero-order valence-electron chi connectivity index (χ0n) is 50.4. The van der Waals surface area contributed by atoms with Crippen LogP contribution in [0.3, 0.4) is 0 Å². The van der Waals surface area contributed by atoms with Crippen molar-refractivity contribution in [3.05, 3.63) is 95.6 Å². The van der Waals surface area contributed by atoms with Gasteiger partial charge >= 0.3 is 17.9 Å². The lowest BCUT2D eigenvalue weighted by molar-refractivity contribution is -0.142. The highest BCUT2D eigenvalue weighted by Crippen LogP contribution is 2.17. The molecule has 3 aromatic rings. The van der Waals surface area contributed by atoms with Crippen LogP contribution in [0.4, 0.5) is 0 Å². The second-order valence-electron chi connectivity index (χ2n) is 21.4. The lowest BCUT2D eigenvalue weighted by Gasteiger charge is -2.29. The monoisotopic (exact) mass is 1290 g/mol. The minimum atomic E-state index is -2.08. The summed E-state index contributed by atoms with van der Waals surface area (Å²) in [6, 6.07) is 4.45. The van der Waals surface area contributed by atoms with Gasteiger partial charge in [0, 0.05) is 31.4 Å². The van der Waals surface area contributed by atoms with Crippen molar-refractivity contribution in [3.63, 3.8) is 0 Å². The number of aromatic hydroxyl groups is 2. The molecule has 91 heavy (non-hydrogen) atoms. The molecule has 0 fully saturated rings. The molecule has 0 radical (unpaired) electrons. The molecule has 19 N–H and O–H groups in total. The molecule has 31 nitrogen and oxygen atoms in total. The molecule has 11 amide bonds. The summed E-state index contributed by atoms with van der Waals surface area (Å²) in [6.07, 6.45) is -3.58. The standard InChI is InChI=1S/C59H80N12O19S/c1-5-30(3)49(70-55(85)39(63-45(75)27-60)24-34-14-18-36(73)19-15-34)57(87)62-28-46(76)64-38(23-33-12-16-35(72)17-13-33)52(82)67-42(26-48(79)80)54(84)66-41(25-44(61)74)56(86)71-50(31(4)6-2)58(88)68-40(22-32-10-8-7-9-11-32)53(83)65-37(20-21-47(77)78)51(81)69-43(29-91)59(89)90/h7-19,30-31,37-43,49-50,72-73,91H,5-6,20-29,60H2,1-4H3,(H2,61,74)(H,62,87)(H,63,75)(H,64,76)(H,65,83)(H,66,84)(H,67,82)(H,68,88)(H,69,81)(H,70,85)(H,71,86)(H,77,78)(H,79,80)(H,89,90)/t30-,31-,37-,38-,39-,40-,41-,42-,43-,49-,50-/m0/s1. The van der Waals surface area contributed by atoms with E-state index in [0.29, 0.717) is 23.1 Å². The van der Waals surface area contributed by atoms with Crippen molar-refractivity contribution in [1.82, 2.24) is 53.2 Å². The van der Waals surface area contributed by atoms with Crippen molar-refractivity contribution in [3.8, 4) is 11.5 Å². The highest BCUT2D eigenvalue weighted by molar-refractivity contribution is 7.80. The Morgan fingerprint density at radius 1 is 0.451 bits per heavy atom. The number of benzene rings is 3. The van der Waals surface area contributed by atoms with Crippen LogP contribution in [0.2, 0.25) is 0 Å². The summed E-state index contributed by atoms with van der Waals surface area (Å²) in [7, 11) is 0. The van der Waals surface area contributed by atoms with Gasteiger partial charge < -0.3 is 90.2 Å². The van der Waals surface area contributed by atoms with E-state index in [1.54, 1.807) is 51.1 Å². The lowest BCUT2D eigenvalue weighted by atomic mass is 9.96. The van der Waals surface area contributed by atoms with E-state index >= 15 is 0 Å². The summed E-state index contributed by atoms with van der Waals surface area (Å²) in [5, 5.41) is 72.4. The third-order valence-corrected chi connectivity index (χ3v) is 14.7. The first-order chi connectivity index (χ1) is 43.0. The number of thiol groups is 1. The number of carbonyl (C=O) groups excluding carboxylic acids is 11. The van der Waals surface area contributed by atoms with Gasteiger partial charge in [0.1, 0.15) is 65.9 Å². The van der Waals surface area contributed by atoms with Gasteiger partial charge in [0.25, 0.3) is 0 Å². The molecular formula is C59H80N12O19S. The van der Waals surface area contributed by atoms with Crippen molar-refractivity contribution in [2.45, 2.75) is 140 Å². The van der Waals surface area contributed by atoms with Crippen LogP contribution in [0.15, 0.2) is 78.9 Å². The molecule has 0 spiro atoms. The number of amides is 11. The van der Waals surface area contributed by atoms with Crippen molar-refractivity contribution in [2.75, 3.05) is 18.8 Å². The molecule has 32 heteroatoms. The largest absolute Gasteiger partial charge is 0.508 e. The molecule has 11 atom stereocenters. The molecule has 0 aromatic heterocycles. The van der Waals surface area contributed by atoms with Crippen LogP contribution in [-0.2, 0) is 86.4 Å². The number of primary amides is 1. The fourth-order valence-corrected chi connectivity index (χ4v) is 9.02. The molecule has 0 heterocycles. The average molecular weight is 1290 g/mol. The van der Waals surface area contributed by atoms with Gasteiger partial charge in [-0.15, -0.1) is 0 Å². The number of hydrogen-bond acceptors (Lipinski definition) is 18. The van der Waals surface area contributed by atoms with Crippen LogP contribution < -0.4 is 64.6 Å². The maximum absolute atomic E-state index is 14.4. The Morgan fingerprint density at radius 2 is 0.835 bits per heavy atom. The van der Waals surface area contributed by atoms with Gasteiger partial charge in [0.15, 0.2) is 0 Å². The minimum Gasteiger partial charge on any atom is -0.508 e. The maximum atomic E-state index is 14.4. The smallest absolute Gasteiger partial charge is 0.327 e. The Bertz CT molecular complexity index is 3050. The molecule has 0 bridgehead atoms. The molecule has 0 saturated carbocycles. The van der Waals surface area contributed by atoms with Crippen molar-refractivity contribution in [1.29, 1.82) is 0 Å². The number of carboxylic acid groups (broad SMARTS) is 3. The highest BCUT2D eigenvalue weighted by atomic mass is 32.1. The van der Waals surface area contributed by atoms with Gasteiger partial charge in [0.05, 0.1) is 25.9 Å². The number of rotatable bonds is 39. The van der Waals surface area contributed by atoms with Crippen LogP contribution in [-0.4, -0.2) is 182 Å². The fraction of sp³-hybridized carbons (Fsp3) is 0.458. The molecule has 0 aliphatic carbocycles. The van der Waals surface area contributed by atoms with E-state index in [0.717, 1.165) is 0 Å². The van der Waals surface area contributed by atoms with Crippen LogP contribution in [0.1, 0.15) is 82.9 Å². The molecule has 3 rings (SSSR count). The van der Waals surface area contributed by atoms with E-state index in [4.69, 9.17) is 11.5 Å². The first-order valence-corrected chi connectivity index (χ1v) is 29.5. The van der Waals surface area contributed by atoms with E-state index < -0.39 is 188 Å². The summed E-state index contributed by atoms with van der Waals surface area (Å²) in [5.41, 5.74) is 12.3. The minimum absolute atomic E-state index is 0.0516. The van der Waals surface area contributed by atoms with Crippen molar-refractivity contribution >= 4 is 95.5 Å². The van der Waals surface area contributed by atoms with E-state index in [2.05, 4.69) is 65.8 Å². The number of hydrogen-bond donors (Lipinski definition) is 18. The number of nitrogens with one attached hydrogen (secondary N) is 10. The van der Waals surface area contributed by atoms with Crippen LogP contribution in [0.25, 0.3) is 0 Å². The second kappa shape index (κ2) is 37.9. The Labute approximate surface area is 528 Å². The quantitative estimate of drug-likeness (QED) is 0.0251. The molecule has 0 aliphatic rings. The molecule has 0 unspecified atom stereocenters. The normalized spacial score (nSPS) is 14.5. The fourth-order valence-electron chi connectivity index (χ4n) is 8.77. The molecule has 3 aromatic carbocycles. The predicted molar refractivity (Wildman–Crippen MR) is 327 cm³/mol. The number of phenols is 2. The van der Waals surface area contributed by atoms with Gasteiger partial charge in [0.2, 0.25) is 65.0 Å². The average Bonchev–Trinajstić information content (AvgIpc) is 1.18. The molecule has 0 saturated heterocycles. The predicted octanol–water partition coefficient (Wildman–Crippen LogP) is -3.11. The van der Waals surface area contributed by atoms with Gasteiger partial charge in [-0.05, 0) is 59.2 Å². The maximum Gasteiger partial charge on any atom is 0.327 e. The Hall–Kier alpha value is -9.85. The summed E-state index contributed by atoms with van der Waals surface area (Å²) in [4.78, 5) is 186. The zero-order chi connectivity index (χ0) is 68.1. The zero-order valence-corrected chi connectivity index (χ0v) is 51.3. The number of aliphatic carboxylic acids is 3. The third-order valence-electron chi connectivity index (χ3n) is 14.3. The van der Waals surface area contributed by atoms with Gasteiger partial charge in [-0.2, -0.15) is 12.6 Å². The van der Waals surface area contributed by atoms with E-state index in [1.165, 1.54) is 55.5 Å².